The number of carbonyl (C=O) groups excluding carboxylic acids is 3. The third kappa shape index (κ3) is 23.8. The number of likely N-dealkylation sites (N-methyl/N-ethyl adjacent to an activating group) is 1. The first-order chi connectivity index (χ1) is 9.76. The fourth-order valence-electron chi connectivity index (χ4n) is 0.844. The summed E-state index contributed by atoms with van der Waals surface area (Å²) >= 11 is 0. The molecule has 0 radical (unpaired) electrons. The molecular formula is C14H33N3O4. The lowest BCUT2D eigenvalue weighted by atomic mass is 10.2. The zero-order chi connectivity index (χ0) is 18.1. The van der Waals surface area contributed by atoms with Gasteiger partial charge in [0.2, 0.25) is 5.91 Å². The zero-order valence-electron chi connectivity index (χ0n) is 14.7. The van der Waals surface area contributed by atoms with Gasteiger partial charge in [-0.3, -0.25) is 4.79 Å². The molecular weight excluding hydrogens is 274 g/mol. The Morgan fingerprint density at radius 3 is 1.76 bits per heavy atom. The van der Waals surface area contributed by atoms with Crippen LogP contribution in [0.25, 0.3) is 0 Å². The number of rotatable bonds is 4. The summed E-state index contributed by atoms with van der Waals surface area (Å²) in [5, 5.41) is 5.12. The smallest absolute Gasteiger partial charge is 0.407 e. The second-order valence-corrected chi connectivity index (χ2v) is 4.13. The summed E-state index contributed by atoms with van der Waals surface area (Å²) in [6.07, 6.45) is -0.566. The average Bonchev–Trinajstić information content (AvgIpc) is 2.44. The molecule has 0 saturated carbocycles. The standard InChI is InChI=1S/C9H19N3O3.2C2H6.CH2O/c1-9(2,3)15-8(14)12-5-6(11-4)7(10)13;3*1-2/h6,11H,5H2,1-4H3,(H2,10,13)(H,12,14);2*1-2H3;1H2. The van der Waals surface area contributed by atoms with Crippen molar-refractivity contribution in [3.8, 4) is 0 Å². The molecule has 0 bridgehead atoms. The lowest BCUT2D eigenvalue weighted by Crippen LogP contribution is -2.48. The molecule has 0 rings (SSSR count). The summed E-state index contributed by atoms with van der Waals surface area (Å²) in [4.78, 5) is 30.0. The van der Waals surface area contributed by atoms with Gasteiger partial charge < -0.3 is 25.9 Å². The first kappa shape index (κ1) is 27.7. The molecule has 0 aromatic heterocycles. The van der Waals surface area contributed by atoms with Crippen molar-refractivity contribution in [3.05, 3.63) is 0 Å². The average molecular weight is 307 g/mol. The minimum absolute atomic E-state index is 0.112. The van der Waals surface area contributed by atoms with Crippen LogP contribution < -0.4 is 16.4 Å². The number of nitrogens with one attached hydrogen (secondary N) is 2. The number of carbonyl (C=O) groups is 3. The van der Waals surface area contributed by atoms with Gasteiger partial charge in [-0.15, -0.1) is 0 Å². The second kappa shape index (κ2) is 18.4. The zero-order valence-corrected chi connectivity index (χ0v) is 14.7. The van der Waals surface area contributed by atoms with Crippen molar-refractivity contribution in [2.24, 2.45) is 5.73 Å². The lowest BCUT2D eigenvalue weighted by molar-refractivity contribution is -0.119. The lowest BCUT2D eigenvalue weighted by Gasteiger charge is -2.20. The molecule has 1 unspecified atom stereocenters. The van der Waals surface area contributed by atoms with Crippen LogP contribution in [0.3, 0.4) is 0 Å². The van der Waals surface area contributed by atoms with E-state index in [1.165, 1.54) is 0 Å². The molecule has 0 fully saturated rings. The number of ether oxygens (including phenoxy) is 1. The predicted octanol–water partition coefficient (Wildman–Crippen LogP) is 1.45. The Morgan fingerprint density at radius 1 is 1.14 bits per heavy atom. The summed E-state index contributed by atoms with van der Waals surface area (Å²) in [7, 11) is 1.59. The van der Waals surface area contributed by atoms with Crippen LogP contribution in [0.4, 0.5) is 4.79 Å². The Bertz CT molecular complexity index is 253. The summed E-state index contributed by atoms with van der Waals surface area (Å²) in [5.74, 6) is -0.520. The van der Waals surface area contributed by atoms with E-state index in [9.17, 15) is 9.59 Å². The van der Waals surface area contributed by atoms with Gasteiger partial charge in [0.05, 0.1) is 0 Å². The van der Waals surface area contributed by atoms with E-state index in [4.69, 9.17) is 15.3 Å². The molecule has 0 aliphatic carbocycles. The summed E-state index contributed by atoms with van der Waals surface area (Å²) < 4.78 is 4.98. The van der Waals surface area contributed by atoms with E-state index in [1.54, 1.807) is 27.8 Å². The number of alkyl carbamates (subject to hydrolysis) is 1. The van der Waals surface area contributed by atoms with Crippen molar-refractivity contribution in [2.45, 2.75) is 60.1 Å². The van der Waals surface area contributed by atoms with Crippen LogP contribution in [0.2, 0.25) is 0 Å². The maximum Gasteiger partial charge on any atom is 0.407 e. The summed E-state index contributed by atoms with van der Waals surface area (Å²) in [5.41, 5.74) is 4.52. The van der Waals surface area contributed by atoms with Crippen molar-refractivity contribution >= 4 is 18.8 Å². The van der Waals surface area contributed by atoms with E-state index >= 15 is 0 Å². The molecule has 0 aliphatic rings. The van der Waals surface area contributed by atoms with Crippen molar-refractivity contribution in [2.75, 3.05) is 13.6 Å². The van der Waals surface area contributed by atoms with Gasteiger partial charge in [-0.05, 0) is 27.8 Å². The summed E-state index contributed by atoms with van der Waals surface area (Å²) in [6, 6.07) is -0.586. The van der Waals surface area contributed by atoms with Crippen molar-refractivity contribution < 1.29 is 19.1 Å². The van der Waals surface area contributed by atoms with Crippen LogP contribution in [0.1, 0.15) is 48.5 Å². The minimum Gasteiger partial charge on any atom is -0.444 e. The van der Waals surface area contributed by atoms with Gasteiger partial charge in [-0.2, -0.15) is 0 Å². The normalized spacial score (nSPS) is 10.1. The molecule has 2 amide bonds. The maximum absolute atomic E-state index is 11.2. The number of nitrogens with two attached hydrogens (primary N) is 1. The van der Waals surface area contributed by atoms with Gasteiger partial charge in [0.25, 0.3) is 0 Å². The van der Waals surface area contributed by atoms with Gasteiger partial charge in [0, 0.05) is 6.54 Å². The first-order valence-corrected chi connectivity index (χ1v) is 6.98. The largest absolute Gasteiger partial charge is 0.444 e. The van der Waals surface area contributed by atoms with Crippen LogP contribution in [0.15, 0.2) is 0 Å². The van der Waals surface area contributed by atoms with E-state index in [2.05, 4.69) is 10.6 Å². The van der Waals surface area contributed by atoms with E-state index in [0.29, 0.717) is 0 Å². The van der Waals surface area contributed by atoms with Gasteiger partial charge in [0.1, 0.15) is 18.4 Å². The molecule has 21 heavy (non-hydrogen) atoms. The number of hydrogen-bond donors (Lipinski definition) is 3. The van der Waals surface area contributed by atoms with Gasteiger partial charge >= 0.3 is 6.09 Å². The topological polar surface area (TPSA) is 111 Å². The third-order valence-corrected chi connectivity index (χ3v) is 1.54. The van der Waals surface area contributed by atoms with E-state index < -0.39 is 23.6 Å². The van der Waals surface area contributed by atoms with Crippen molar-refractivity contribution in [1.29, 1.82) is 0 Å². The molecule has 0 aromatic rings. The highest BCUT2D eigenvalue weighted by Crippen LogP contribution is 2.06. The van der Waals surface area contributed by atoms with Crippen LogP contribution in [0.5, 0.6) is 0 Å². The monoisotopic (exact) mass is 307 g/mol. The van der Waals surface area contributed by atoms with E-state index in [0.717, 1.165) is 0 Å². The van der Waals surface area contributed by atoms with Crippen molar-refractivity contribution in [1.82, 2.24) is 10.6 Å². The molecule has 1 atom stereocenters. The Balaban J connectivity index is -0.000000212. The highest BCUT2D eigenvalue weighted by atomic mass is 16.6. The first-order valence-electron chi connectivity index (χ1n) is 6.98. The minimum atomic E-state index is -0.586. The van der Waals surface area contributed by atoms with Crippen LogP contribution in [0, 0.1) is 0 Å². The SMILES string of the molecule is C=O.CC.CC.CNC(CNC(=O)OC(C)(C)C)C(N)=O. The Kier molecular flexibility index (Phi) is 24.2. The Morgan fingerprint density at radius 2 is 1.52 bits per heavy atom. The highest BCUT2D eigenvalue weighted by molar-refractivity contribution is 5.80. The number of primary amides is 1. The molecule has 0 saturated heterocycles. The Labute approximate surface area is 129 Å². The fraction of sp³-hybridized carbons (Fsp3) is 0.786. The van der Waals surface area contributed by atoms with Crippen LogP contribution >= 0.6 is 0 Å². The maximum atomic E-state index is 11.2. The molecule has 0 aromatic carbocycles. The number of amides is 2. The Hall–Kier alpha value is -1.63. The third-order valence-electron chi connectivity index (χ3n) is 1.54. The van der Waals surface area contributed by atoms with E-state index in [-0.39, 0.29) is 6.54 Å². The highest BCUT2D eigenvalue weighted by Gasteiger charge is 2.18. The van der Waals surface area contributed by atoms with Gasteiger partial charge in [-0.1, -0.05) is 27.7 Å². The quantitative estimate of drug-likeness (QED) is 0.728. The summed E-state index contributed by atoms with van der Waals surface area (Å²) in [6.45, 7) is 15.4. The molecule has 0 aliphatic heterocycles. The van der Waals surface area contributed by atoms with Crippen LogP contribution in [-0.2, 0) is 14.3 Å². The molecule has 0 heterocycles. The molecule has 128 valence electrons. The van der Waals surface area contributed by atoms with Gasteiger partial charge in [-0.25, -0.2) is 4.79 Å². The predicted molar refractivity (Wildman–Crippen MR) is 86.1 cm³/mol. The second-order valence-electron chi connectivity index (χ2n) is 4.13. The molecule has 0 spiro atoms. The van der Waals surface area contributed by atoms with Gasteiger partial charge in [0.15, 0.2) is 0 Å². The fourth-order valence-corrected chi connectivity index (χ4v) is 0.844. The van der Waals surface area contributed by atoms with E-state index in [1.807, 2.05) is 34.5 Å². The van der Waals surface area contributed by atoms with Crippen LogP contribution in [-0.4, -0.2) is 44.0 Å². The molecule has 4 N–H and O–H groups in total. The number of hydrogen-bond acceptors (Lipinski definition) is 5. The molecule has 7 heteroatoms. The van der Waals surface area contributed by atoms with Crippen molar-refractivity contribution in [3.63, 3.8) is 0 Å². The molecule has 7 nitrogen and oxygen atoms in total.